The second kappa shape index (κ2) is 5.81. The summed E-state index contributed by atoms with van der Waals surface area (Å²) in [6.45, 7) is 4.80. The minimum atomic E-state index is -0.0651. The molecule has 1 saturated heterocycles. The van der Waals surface area contributed by atoms with Crippen molar-refractivity contribution in [1.82, 2.24) is 9.80 Å². The molecule has 2 rings (SSSR count). The van der Waals surface area contributed by atoms with Crippen LogP contribution in [-0.4, -0.2) is 43.0 Å². The molecule has 1 aromatic carbocycles. The highest BCUT2D eigenvalue weighted by atomic mass is 19.1. The van der Waals surface area contributed by atoms with Crippen molar-refractivity contribution in [3.63, 3.8) is 0 Å². The molecule has 0 spiro atoms. The molecule has 0 aliphatic carbocycles. The Morgan fingerprint density at radius 1 is 1.28 bits per heavy atom. The molecule has 0 bridgehead atoms. The van der Waals surface area contributed by atoms with Gasteiger partial charge in [0.1, 0.15) is 5.82 Å². The molecule has 1 heterocycles. The molecule has 0 radical (unpaired) electrons. The lowest BCUT2D eigenvalue weighted by Crippen LogP contribution is -2.41. The summed E-state index contributed by atoms with van der Waals surface area (Å²) in [4.78, 5) is 4.65. The van der Waals surface area contributed by atoms with Crippen molar-refractivity contribution in [3.8, 4) is 0 Å². The van der Waals surface area contributed by atoms with E-state index < -0.39 is 0 Å². The second-order valence-electron chi connectivity index (χ2n) is 5.57. The predicted molar refractivity (Wildman–Crippen MR) is 73.1 cm³/mol. The number of likely N-dealkylation sites (tertiary alicyclic amines) is 1. The maximum Gasteiger partial charge on any atom is 0.127 e. The average Bonchev–Trinajstić information content (AvgIpc) is 2.33. The number of hydrogen-bond donors (Lipinski definition) is 0. The van der Waals surface area contributed by atoms with Gasteiger partial charge >= 0.3 is 0 Å². The monoisotopic (exact) mass is 250 g/mol. The Morgan fingerprint density at radius 2 is 1.94 bits per heavy atom. The highest BCUT2D eigenvalue weighted by molar-refractivity contribution is 5.23. The zero-order chi connectivity index (χ0) is 13.1. The van der Waals surface area contributed by atoms with E-state index in [1.54, 1.807) is 6.07 Å². The average molecular weight is 250 g/mol. The van der Waals surface area contributed by atoms with Gasteiger partial charge in [-0.15, -0.1) is 0 Å². The molecule has 1 fully saturated rings. The third-order valence-corrected chi connectivity index (χ3v) is 3.89. The van der Waals surface area contributed by atoms with Crippen LogP contribution in [0.2, 0.25) is 0 Å². The van der Waals surface area contributed by atoms with Crippen LogP contribution in [0, 0.1) is 12.7 Å². The number of halogens is 1. The first-order valence-electron chi connectivity index (χ1n) is 6.70. The highest BCUT2D eigenvalue weighted by Crippen LogP contribution is 2.18. The number of piperidine rings is 1. The molecule has 18 heavy (non-hydrogen) atoms. The molecule has 1 aliphatic heterocycles. The van der Waals surface area contributed by atoms with Crippen molar-refractivity contribution in [3.05, 3.63) is 35.1 Å². The van der Waals surface area contributed by atoms with E-state index in [1.807, 2.05) is 19.1 Å². The van der Waals surface area contributed by atoms with Crippen LogP contribution in [-0.2, 0) is 6.54 Å². The Kier molecular flexibility index (Phi) is 4.36. The van der Waals surface area contributed by atoms with Gasteiger partial charge in [0.25, 0.3) is 0 Å². The number of benzene rings is 1. The van der Waals surface area contributed by atoms with Gasteiger partial charge in [0.2, 0.25) is 0 Å². The van der Waals surface area contributed by atoms with Gasteiger partial charge in [-0.3, -0.25) is 4.90 Å². The van der Waals surface area contributed by atoms with Gasteiger partial charge in [-0.25, -0.2) is 4.39 Å². The van der Waals surface area contributed by atoms with Gasteiger partial charge in [0.15, 0.2) is 0 Å². The van der Waals surface area contributed by atoms with Crippen molar-refractivity contribution in [1.29, 1.82) is 0 Å². The maximum absolute atomic E-state index is 13.8. The molecular weight excluding hydrogens is 227 g/mol. The van der Waals surface area contributed by atoms with Gasteiger partial charge in [-0.1, -0.05) is 12.1 Å². The fraction of sp³-hybridized carbons (Fsp3) is 0.600. The summed E-state index contributed by atoms with van der Waals surface area (Å²) in [7, 11) is 4.28. The number of nitrogens with zero attached hydrogens (tertiary/aromatic N) is 2. The van der Waals surface area contributed by atoms with Crippen LogP contribution in [0.25, 0.3) is 0 Å². The Bertz CT molecular complexity index is 395. The Balaban J connectivity index is 1.91. The highest BCUT2D eigenvalue weighted by Gasteiger charge is 2.21. The maximum atomic E-state index is 13.8. The first-order valence-corrected chi connectivity index (χ1v) is 6.70. The summed E-state index contributed by atoms with van der Waals surface area (Å²) in [5.41, 5.74) is 1.81. The topological polar surface area (TPSA) is 6.48 Å². The van der Waals surface area contributed by atoms with E-state index in [1.165, 1.54) is 12.8 Å². The first-order chi connectivity index (χ1) is 8.56. The van der Waals surface area contributed by atoms with E-state index in [0.717, 1.165) is 30.8 Å². The zero-order valence-electron chi connectivity index (χ0n) is 11.6. The molecule has 0 saturated carbocycles. The molecule has 3 heteroatoms. The third kappa shape index (κ3) is 3.30. The van der Waals surface area contributed by atoms with Crippen LogP contribution < -0.4 is 0 Å². The summed E-state index contributed by atoms with van der Waals surface area (Å²) >= 11 is 0. The second-order valence-corrected chi connectivity index (χ2v) is 5.57. The van der Waals surface area contributed by atoms with Crippen LogP contribution in [0.1, 0.15) is 24.0 Å². The van der Waals surface area contributed by atoms with E-state index in [0.29, 0.717) is 6.04 Å². The summed E-state index contributed by atoms with van der Waals surface area (Å²) in [6.07, 6.45) is 2.36. The molecule has 0 unspecified atom stereocenters. The number of aryl methyl sites for hydroxylation is 1. The van der Waals surface area contributed by atoms with Crippen molar-refractivity contribution < 1.29 is 4.39 Å². The van der Waals surface area contributed by atoms with Gasteiger partial charge < -0.3 is 4.90 Å². The van der Waals surface area contributed by atoms with Gasteiger partial charge in [0, 0.05) is 18.2 Å². The van der Waals surface area contributed by atoms with Gasteiger partial charge in [-0.2, -0.15) is 0 Å². The zero-order valence-corrected chi connectivity index (χ0v) is 11.6. The van der Waals surface area contributed by atoms with Gasteiger partial charge in [0.05, 0.1) is 0 Å². The van der Waals surface area contributed by atoms with E-state index in [4.69, 9.17) is 0 Å². The Morgan fingerprint density at radius 3 is 2.50 bits per heavy atom. The molecular formula is C15H23FN2. The largest absolute Gasteiger partial charge is 0.306 e. The minimum absolute atomic E-state index is 0.0651. The summed E-state index contributed by atoms with van der Waals surface area (Å²) in [5.74, 6) is -0.0651. The molecule has 0 amide bonds. The van der Waals surface area contributed by atoms with E-state index in [-0.39, 0.29) is 5.82 Å². The van der Waals surface area contributed by atoms with Crippen molar-refractivity contribution >= 4 is 0 Å². The normalized spacial score (nSPS) is 18.5. The lowest BCUT2D eigenvalue weighted by atomic mass is 10.0. The van der Waals surface area contributed by atoms with E-state index in [2.05, 4.69) is 23.9 Å². The molecule has 0 atom stereocenters. The van der Waals surface area contributed by atoms with Crippen molar-refractivity contribution in [2.45, 2.75) is 32.4 Å². The Hall–Kier alpha value is -0.930. The molecule has 0 aromatic heterocycles. The standard InChI is InChI=1S/C15H23FN2/c1-12-4-5-13(15(16)10-12)11-18-8-6-14(7-9-18)17(2)3/h4-5,10,14H,6-9,11H2,1-3H3. The van der Waals surface area contributed by atoms with E-state index >= 15 is 0 Å². The molecule has 0 N–H and O–H groups in total. The lowest BCUT2D eigenvalue weighted by Gasteiger charge is -2.35. The number of rotatable bonds is 3. The van der Waals surface area contributed by atoms with Crippen LogP contribution in [0.15, 0.2) is 18.2 Å². The third-order valence-electron chi connectivity index (χ3n) is 3.89. The van der Waals surface area contributed by atoms with E-state index in [9.17, 15) is 4.39 Å². The predicted octanol–water partition coefficient (Wildman–Crippen LogP) is 2.66. The minimum Gasteiger partial charge on any atom is -0.306 e. The quantitative estimate of drug-likeness (QED) is 0.814. The Labute approximate surface area is 109 Å². The molecule has 2 nitrogen and oxygen atoms in total. The summed E-state index contributed by atoms with van der Waals surface area (Å²) < 4.78 is 13.8. The number of hydrogen-bond acceptors (Lipinski definition) is 2. The van der Waals surface area contributed by atoms with Gasteiger partial charge in [-0.05, 0) is 58.6 Å². The summed E-state index contributed by atoms with van der Waals surface area (Å²) in [6, 6.07) is 6.22. The first kappa shape index (κ1) is 13.5. The smallest absolute Gasteiger partial charge is 0.127 e. The van der Waals surface area contributed by atoms with Crippen molar-refractivity contribution in [2.24, 2.45) is 0 Å². The lowest BCUT2D eigenvalue weighted by molar-refractivity contribution is 0.139. The SMILES string of the molecule is Cc1ccc(CN2CCC(N(C)C)CC2)c(F)c1. The van der Waals surface area contributed by atoms with Crippen molar-refractivity contribution in [2.75, 3.05) is 27.2 Å². The van der Waals surface area contributed by atoms with Crippen LogP contribution in [0.4, 0.5) is 4.39 Å². The molecule has 1 aromatic rings. The fourth-order valence-electron chi connectivity index (χ4n) is 2.62. The molecule has 1 aliphatic rings. The van der Waals surface area contributed by atoms with Crippen LogP contribution >= 0.6 is 0 Å². The fourth-order valence-corrected chi connectivity index (χ4v) is 2.62. The van der Waals surface area contributed by atoms with Crippen LogP contribution in [0.3, 0.4) is 0 Å². The summed E-state index contributed by atoms with van der Waals surface area (Å²) in [5, 5.41) is 0. The molecule has 100 valence electrons. The van der Waals surface area contributed by atoms with Crippen LogP contribution in [0.5, 0.6) is 0 Å².